The number of nitrogens with zero attached hydrogens (tertiary/aromatic N) is 3. The number of carbonyl (C=O) groups is 3. The normalized spacial score (nSPS) is 27.3. The lowest BCUT2D eigenvalue weighted by Crippen LogP contribution is -2.60. The van der Waals surface area contributed by atoms with E-state index in [4.69, 9.17) is 9.47 Å². The molecule has 9 nitrogen and oxygen atoms in total. The van der Waals surface area contributed by atoms with E-state index in [0.717, 1.165) is 5.56 Å². The van der Waals surface area contributed by atoms with Gasteiger partial charge in [-0.25, -0.2) is 0 Å². The average Bonchev–Trinajstić information content (AvgIpc) is 3.60. The van der Waals surface area contributed by atoms with E-state index in [2.05, 4.69) is 13.2 Å². The number of carbonyl (C=O) groups excluding carboxylic acids is 3. The fourth-order valence-corrected chi connectivity index (χ4v) is 7.75. The summed E-state index contributed by atoms with van der Waals surface area (Å²) in [6.07, 6.45) is 4.29. The van der Waals surface area contributed by atoms with E-state index in [-0.39, 0.29) is 36.8 Å². The van der Waals surface area contributed by atoms with Gasteiger partial charge in [0, 0.05) is 25.3 Å². The number of hydrogen-bond acceptors (Lipinski definition) is 6. The molecule has 1 spiro atoms. The molecule has 2 unspecified atom stereocenters. The molecule has 0 saturated carbocycles. The second-order valence-electron chi connectivity index (χ2n) is 12.9. The predicted molar refractivity (Wildman–Crippen MR) is 172 cm³/mol. The number of methoxy groups -OCH3 is 1. The molecule has 3 heterocycles. The van der Waals surface area contributed by atoms with E-state index < -0.39 is 35.1 Å². The third-order valence-electron chi connectivity index (χ3n) is 9.87. The van der Waals surface area contributed by atoms with Crippen molar-refractivity contribution < 1.29 is 29.0 Å². The van der Waals surface area contributed by atoms with Crippen molar-refractivity contribution in [1.82, 2.24) is 9.80 Å². The molecular weight excluding hydrogens is 570 g/mol. The standard InChI is InChI=1S/C36H45N3O6/c1-7-20-37(22-25-12-10-9-11-13-25)32(41)29-30-33(42)39(28(23-40)24(3)4)31(36(30)19-18-35(29,5)45-36)34(43)38(21-8-2)26-14-16-27(44-6)17-15-26/h7-17,24,28-31,40H,1-2,18-23H2,3-6H3/t28-,29+,30-,31?,35-,36?/m0/s1. The van der Waals surface area contributed by atoms with Crippen LogP contribution in [0.25, 0.3) is 0 Å². The second-order valence-corrected chi connectivity index (χ2v) is 12.9. The summed E-state index contributed by atoms with van der Waals surface area (Å²) in [5, 5.41) is 10.6. The van der Waals surface area contributed by atoms with Gasteiger partial charge in [0.25, 0.3) is 5.91 Å². The summed E-state index contributed by atoms with van der Waals surface area (Å²) in [7, 11) is 1.58. The Morgan fingerprint density at radius 3 is 2.31 bits per heavy atom. The van der Waals surface area contributed by atoms with Gasteiger partial charge in [-0.1, -0.05) is 56.3 Å². The Labute approximate surface area is 266 Å². The van der Waals surface area contributed by atoms with Crippen molar-refractivity contribution >= 4 is 23.4 Å². The van der Waals surface area contributed by atoms with Crippen molar-refractivity contribution in [3.05, 3.63) is 85.5 Å². The van der Waals surface area contributed by atoms with Crippen LogP contribution in [0.15, 0.2) is 79.9 Å². The molecular formula is C36H45N3O6. The fourth-order valence-electron chi connectivity index (χ4n) is 7.75. The highest BCUT2D eigenvalue weighted by Crippen LogP contribution is 2.64. The predicted octanol–water partition coefficient (Wildman–Crippen LogP) is 4.21. The minimum Gasteiger partial charge on any atom is -0.497 e. The van der Waals surface area contributed by atoms with Crippen LogP contribution in [0, 0.1) is 17.8 Å². The van der Waals surface area contributed by atoms with Gasteiger partial charge in [0.2, 0.25) is 11.8 Å². The minimum atomic E-state index is -1.23. The summed E-state index contributed by atoms with van der Waals surface area (Å²) >= 11 is 0. The van der Waals surface area contributed by atoms with Crippen molar-refractivity contribution in [3.8, 4) is 5.75 Å². The highest BCUT2D eigenvalue weighted by molar-refractivity contribution is 6.05. The van der Waals surface area contributed by atoms with Crippen molar-refractivity contribution in [2.45, 2.75) is 63.4 Å². The lowest BCUT2D eigenvalue weighted by Gasteiger charge is -2.40. The van der Waals surface area contributed by atoms with E-state index in [1.165, 1.54) is 4.90 Å². The summed E-state index contributed by atoms with van der Waals surface area (Å²) in [5.41, 5.74) is -0.591. The van der Waals surface area contributed by atoms with Crippen LogP contribution in [0.1, 0.15) is 39.2 Å². The molecule has 9 heteroatoms. The topological polar surface area (TPSA) is 99.6 Å². The number of fused-ring (bicyclic) bond motifs is 1. The molecule has 0 radical (unpaired) electrons. The van der Waals surface area contributed by atoms with Gasteiger partial charge < -0.3 is 29.3 Å². The van der Waals surface area contributed by atoms with Crippen LogP contribution in [0.4, 0.5) is 5.69 Å². The van der Waals surface area contributed by atoms with Crippen LogP contribution in [0.3, 0.4) is 0 Å². The Morgan fingerprint density at radius 2 is 1.73 bits per heavy atom. The van der Waals surface area contributed by atoms with Gasteiger partial charge in [0.05, 0.1) is 37.2 Å². The van der Waals surface area contributed by atoms with Gasteiger partial charge in [-0.3, -0.25) is 14.4 Å². The maximum atomic E-state index is 14.9. The Hall–Kier alpha value is -3.95. The molecule has 0 aromatic heterocycles. The molecule has 3 aliphatic heterocycles. The number of ether oxygens (including phenoxy) is 2. The van der Waals surface area contributed by atoms with E-state index in [9.17, 15) is 19.5 Å². The highest BCUT2D eigenvalue weighted by Gasteiger charge is 2.79. The first kappa shape index (κ1) is 32.4. The molecule has 2 aromatic carbocycles. The molecule has 3 amide bonds. The molecule has 240 valence electrons. The first-order valence-electron chi connectivity index (χ1n) is 15.7. The molecule has 3 saturated heterocycles. The van der Waals surface area contributed by atoms with E-state index in [1.807, 2.05) is 51.1 Å². The second kappa shape index (κ2) is 12.8. The number of benzene rings is 2. The Bertz CT molecular complexity index is 1430. The monoisotopic (exact) mass is 615 g/mol. The van der Waals surface area contributed by atoms with Gasteiger partial charge in [0.1, 0.15) is 17.4 Å². The third kappa shape index (κ3) is 5.46. The molecule has 2 aromatic rings. The molecule has 1 N–H and O–H groups in total. The number of rotatable bonds is 13. The van der Waals surface area contributed by atoms with E-state index in [0.29, 0.717) is 37.4 Å². The van der Waals surface area contributed by atoms with Crippen molar-refractivity contribution in [2.24, 2.45) is 17.8 Å². The first-order valence-corrected chi connectivity index (χ1v) is 15.7. The van der Waals surface area contributed by atoms with Crippen LogP contribution in [-0.2, 0) is 25.7 Å². The van der Waals surface area contributed by atoms with Crippen molar-refractivity contribution in [3.63, 3.8) is 0 Å². The summed E-state index contributed by atoms with van der Waals surface area (Å²) < 4.78 is 12.2. The largest absolute Gasteiger partial charge is 0.497 e. The number of likely N-dealkylation sites (tertiary alicyclic amines) is 1. The lowest BCUT2D eigenvalue weighted by atomic mass is 9.66. The van der Waals surface area contributed by atoms with E-state index >= 15 is 0 Å². The number of aliphatic hydroxyl groups excluding tert-OH is 1. The van der Waals surface area contributed by atoms with Gasteiger partial charge >= 0.3 is 0 Å². The number of aliphatic hydroxyl groups is 1. The van der Waals surface area contributed by atoms with Crippen LogP contribution in [0.5, 0.6) is 5.75 Å². The van der Waals surface area contributed by atoms with E-state index in [1.54, 1.807) is 53.3 Å². The number of anilines is 1. The zero-order chi connectivity index (χ0) is 32.5. The van der Waals surface area contributed by atoms with Crippen LogP contribution in [-0.4, -0.2) is 82.7 Å². The van der Waals surface area contributed by atoms with Crippen LogP contribution < -0.4 is 9.64 Å². The zero-order valence-electron chi connectivity index (χ0n) is 26.7. The maximum absolute atomic E-state index is 14.9. The Balaban J connectivity index is 1.60. The molecule has 6 atom stereocenters. The summed E-state index contributed by atoms with van der Waals surface area (Å²) in [6, 6.07) is 15.1. The van der Waals surface area contributed by atoms with Gasteiger partial charge in [-0.15, -0.1) is 13.2 Å². The maximum Gasteiger partial charge on any atom is 0.253 e. The number of hydrogen-bond donors (Lipinski definition) is 1. The van der Waals surface area contributed by atoms with Crippen molar-refractivity contribution in [1.29, 1.82) is 0 Å². The highest BCUT2D eigenvalue weighted by atomic mass is 16.5. The molecule has 3 fully saturated rings. The minimum absolute atomic E-state index is 0.157. The smallest absolute Gasteiger partial charge is 0.253 e. The summed E-state index contributed by atoms with van der Waals surface area (Å²) in [4.78, 5) is 49.0. The molecule has 2 bridgehead atoms. The summed E-state index contributed by atoms with van der Waals surface area (Å²) in [5.74, 6) is -2.05. The van der Waals surface area contributed by atoms with Gasteiger partial charge in [-0.2, -0.15) is 0 Å². The third-order valence-corrected chi connectivity index (χ3v) is 9.87. The van der Waals surface area contributed by atoms with Gasteiger partial charge in [-0.05, 0) is 55.5 Å². The van der Waals surface area contributed by atoms with Gasteiger partial charge in [0.15, 0.2) is 0 Å². The number of amides is 3. The summed E-state index contributed by atoms with van der Waals surface area (Å²) in [6.45, 7) is 14.0. The van der Waals surface area contributed by atoms with Crippen LogP contribution >= 0.6 is 0 Å². The quantitative estimate of drug-likeness (QED) is 0.339. The molecule has 0 aliphatic carbocycles. The Kier molecular flexibility index (Phi) is 9.23. The van der Waals surface area contributed by atoms with Crippen LogP contribution in [0.2, 0.25) is 0 Å². The molecule has 45 heavy (non-hydrogen) atoms. The SMILES string of the molecule is C=CCN(Cc1ccccc1)C(=O)[C@H]1[C@H]2C(=O)N([C@@H](CO)C(C)C)C(C(=O)N(CC=C)c3ccc(OC)cc3)C23CC[C@]1(C)O3. The fraction of sp³-hybridized carbons (Fsp3) is 0.472. The average molecular weight is 616 g/mol. The van der Waals surface area contributed by atoms with Crippen molar-refractivity contribution in [2.75, 3.05) is 31.7 Å². The molecule has 5 rings (SSSR count). The Morgan fingerprint density at radius 1 is 1.07 bits per heavy atom. The zero-order valence-corrected chi connectivity index (χ0v) is 26.7. The molecule has 3 aliphatic rings. The lowest BCUT2D eigenvalue weighted by molar-refractivity contribution is -0.153. The first-order chi connectivity index (χ1) is 21.6.